The number of nitrogens with one attached hydrogen (secondary N) is 3. The molecule has 0 saturated carbocycles. The predicted octanol–water partition coefficient (Wildman–Crippen LogP) is 3.69. The fraction of sp³-hybridized carbons (Fsp3) is 0.100. The first kappa shape index (κ1) is 16.3. The molecule has 0 spiro atoms. The van der Waals surface area contributed by atoms with E-state index < -0.39 is 0 Å². The van der Waals surface area contributed by atoms with Crippen molar-refractivity contribution in [2.45, 2.75) is 0 Å². The van der Waals surface area contributed by atoms with Gasteiger partial charge in [-0.3, -0.25) is 0 Å². The Kier molecular flexibility index (Phi) is 5.13. The minimum atomic E-state index is 0.542. The van der Waals surface area contributed by atoms with Gasteiger partial charge in [0.05, 0.1) is 16.9 Å². The SMILES string of the molecule is C=C(NCCNc1nc2ccccc2cc1C#N)Nc1ccccc1. The van der Waals surface area contributed by atoms with E-state index in [-0.39, 0.29) is 0 Å². The molecule has 0 bridgehead atoms. The van der Waals surface area contributed by atoms with Crippen molar-refractivity contribution in [3.63, 3.8) is 0 Å². The van der Waals surface area contributed by atoms with Crippen molar-refractivity contribution in [2.24, 2.45) is 0 Å². The Bertz CT molecular complexity index is 912. The van der Waals surface area contributed by atoms with Gasteiger partial charge in [-0.25, -0.2) is 4.98 Å². The average Bonchev–Trinajstić information content (AvgIpc) is 2.65. The molecule has 25 heavy (non-hydrogen) atoms. The Morgan fingerprint density at radius 3 is 2.60 bits per heavy atom. The summed E-state index contributed by atoms with van der Waals surface area (Å²) in [6.45, 7) is 5.22. The highest BCUT2D eigenvalue weighted by atomic mass is 15.1. The number of hydrogen-bond donors (Lipinski definition) is 3. The fourth-order valence-corrected chi connectivity index (χ4v) is 2.47. The van der Waals surface area contributed by atoms with Crippen LogP contribution in [0.1, 0.15) is 5.56 Å². The molecule has 124 valence electrons. The first-order valence-corrected chi connectivity index (χ1v) is 8.05. The molecule has 5 heteroatoms. The lowest BCUT2D eigenvalue weighted by atomic mass is 10.1. The highest BCUT2D eigenvalue weighted by molar-refractivity contribution is 5.82. The molecular formula is C20H19N5. The van der Waals surface area contributed by atoms with Gasteiger partial charge in [-0.05, 0) is 24.3 Å². The smallest absolute Gasteiger partial charge is 0.144 e. The molecule has 3 aromatic rings. The van der Waals surface area contributed by atoms with E-state index in [1.165, 1.54) is 0 Å². The van der Waals surface area contributed by atoms with Gasteiger partial charge in [0.25, 0.3) is 0 Å². The second-order valence-corrected chi connectivity index (χ2v) is 5.51. The second kappa shape index (κ2) is 7.84. The van der Waals surface area contributed by atoms with E-state index >= 15 is 0 Å². The summed E-state index contributed by atoms with van der Waals surface area (Å²) in [6, 6.07) is 21.7. The van der Waals surface area contributed by atoms with Crippen molar-refractivity contribution in [1.82, 2.24) is 10.3 Å². The first-order chi connectivity index (χ1) is 12.3. The summed E-state index contributed by atoms with van der Waals surface area (Å²) in [5.41, 5.74) is 2.39. The molecule has 1 aromatic heterocycles. The third-order valence-electron chi connectivity index (χ3n) is 3.67. The zero-order valence-corrected chi connectivity index (χ0v) is 13.8. The maximum absolute atomic E-state index is 9.32. The molecular weight excluding hydrogens is 310 g/mol. The van der Waals surface area contributed by atoms with Crippen LogP contribution in [0.4, 0.5) is 11.5 Å². The maximum Gasteiger partial charge on any atom is 0.144 e. The maximum atomic E-state index is 9.32. The highest BCUT2D eigenvalue weighted by Crippen LogP contribution is 2.19. The molecule has 3 rings (SSSR count). The van der Waals surface area contributed by atoms with Gasteiger partial charge in [0.1, 0.15) is 11.9 Å². The monoisotopic (exact) mass is 329 g/mol. The third kappa shape index (κ3) is 4.27. The first-order valence-electron chi connectivity index (χ1n) is 8.05. The molecule has 0 amide bonds. The summed E-state index contributed by atoms with van der Waals surface area (Å²) in [5, 5.41) is 19.9. The van der Waals surface area contributed by atoms with E-state index in [1.54, 1.807) is 0 Å². The molecule has 0 aliphatic carbocycles. The van der Waals surface area contributed by atoms with E-state index in [0.29, 0.717) is 24.5 Å². The molecule has 0 aliphatic heterocycles. The van der Waals surface area contributed by atoms with E-state index in [0.717, 1.165) is 22.4 Å². The van der Waals surface area contributed by atoms with Crippen molar-refractivity contribution in [3.05, 3.63) is 78.6 Å². The fourth-order valence-electron chi connectivity index (χ4n) is 2.47. The van der Waals surface area contributed by atoms with Crippen molar-refractivity contribution >= 4 is 22.4 Å². The molecule has 0 unspecified atom stereocenters. The second-order valence-electron chi connectivity index (χ2n) is 5.51. The van der Waals surface area contributed by atoms with Gasteiger partial charge in [0.2, 0.25) is 0 Å². The van der Waals surface area contributed by atoms with Gasteiger partial charge in [-0.15, -0.1) is 0 Å². The minimum Gasteiger partial charge on any atom is -0.370 e. The van der Waals surface area contributed by atoms with Crippen LogP contribution in [0.3, 0.4) is 0 Å². The van der Waals surface area contributed by atoms with Crippen molar-refractivity contribution in [2.75, 3.05) is 23.7 Å². The molecule has 0 saturated heterocycles. The van der Waals surface area contributed by atoms with Crippen LogP contribution in [-0.4, -0.2) is 18.1 Å². The van der Waals surface area contributed by atoms with Crippen LogP contribution in [0, 0.1) is 11.3 Å². The Morgan fingerprint density at radius 2 is 1.80 bits per heavy atom. The van der Waals surface area contributed by atoms with Gasteiger partial charge in [-0.2, -0.15) is 5.26 Å². The van der Waals surface area contributed by atoms with Crippen LogP contribution in [0.5, 0.6) is 0 Å². The topological polar surface area (TPSA) is 72.8 Å². The van der Waals surface area contributed by atoms with Crippen molar-refractivity contribution in [3.8, 4) is 6.07 Å². The summed E-state index contributed by atoms with van der Waals surface area (Å²) in [6.07, 6.45) is 0. The minimum absolute atomic E-state index is 0.542. The standard InChI is InChI=1S/C20H19N5/c1-15(24-18-8-3-2-4-9-18)22-11-12-23-20-17(14-21)13-16-7-5-6-10-19(16)25-20/h2-10,13,22,24H,1,11-12H2,(H,23,25). The summed E-state index contributed by atoms with van der Waals surface area (Å²) >= 11 is 0. The molecule has 2 aromatic carbocycles. The van der Waals surface area contributed by atoms with Gasteiger partial charge >= 0.3 is 0 Å². The lowest BCUT2D eigenvalue weighted by Gasteiger charge is -2.13. The zero-order chi connectivity index (χ0) is 17.5. The van der Waals surface area contributed by atoms with Gasteiger partial charge in [-0.1, -0.05) is 43.0 Å². The number of hydrogen-bond acceptors (Lipinski definition) is 5. The summed E-state index contributed by atoms with van der Waals surface area (Å²) in [5.74, 6) is 1.32. The summed E-state index contributed by atoms with van der Waals surface area (Å²) in [4.78, 5) is 4.53. The van der Waals surface area contributed by atoms with Gasteiger partial charge < -0.3 is 16.0 Å². The number of anilines is 2. The van der Waals surface area contributed by atoms with Gasteiger partial charge in [0.15, 0.2) is 0 Å². The molecule has 0 aliphatic rings. The number of benzene rings is 2. The number of aromatic nitrogens is 1. The van der Waals surface area contributed by atoms with Crippen LogP contribution in [0.15, 0.2) is 73.1 Å². The van der Waals surface area contributed by atoms with E-state index in [4.69, 9.17) is 0 Å². The van der Waals surface area contributed by atoms with Crippen LogP contribution in [0.25, 0.3) is 10.9 Å². The van der Waals surface area contributed by atoms with Crippen LogP contribution >= 0.6 is 0 Å². The lowest BCUT2D eigenvalue weighted by Crippen LogP contribution is -2.25. The normalized spacial score (nSPS) is 10.0. The van der Waals surface area contributed by atoms with Gasteiger partial charge in [0, 0.05) is 24.2 Å². The Balaban J connectivity index is 1.54. The predicted molar refractivity (Wildman–Crippen MR) is 102 cm³/mol. The third-order valence-corrected chi connectivity index (χ3v) is 3.67. The highest BCUT2D eigenvalue weighted by Gasteiger charge is 2.05. The number of pyridine rings is 1. The number of nitrogens with zero attached hydrogens (tertiary/aromatic N) is 2. The number of fused-ring (bicyclic) bond motifs is 1. The van der Waals surface area contributed by atoms with Crippen LogP contribution in [0.2, 0.25) is 0 Å². The Morgan fingerprint density at radius 1 is 1.04 bits per heavy atom. The largest absolute Gasteiger partial charge is 0.370 e. The lowest BCUT2D eigenvalue weighted by molar-refractivity contribution is 0.823. The number of para-hydroxylation sites is 2. The quantitative estimate of drug-likeness (QED) is 0.577. The Hall–Kier alpha value is -3.52. The number of rotatable bonds is 7. The molecule has 3 N–H and O–H groups in total. The van der Waals surface area contributed by atoms with E-state index in [2.05, 4.69) is 33.6 Å². The molecule has 0 atom stereocenters. The molecule has 1 heterocycles. The zero-order valence-electron chi connectivity index (χ0n) is 13.8. The molecule has 5 nitrogen and oxygen atoms in total. The summed E-state index contributed by atoms with van der Waals surface area (Å²) in [7, 11) is 0. The van der Waals surface area contributed by atoms with Crippen LogP contribution in [-0.2, 0) is 0 Å². The van der Waals surface area contributed by atoms with E-state index in [1.807, 2.05) is 60.7 Å². The molecule has 0 radical (unpaired) electrons. The van der Waals surface area contributed by atoms with E-state index in [9.17, 15) is 5.26 Å². The molecule has 0 fully saturated rings. The number of nitriles is 1. The van der Waals surface area contributed by atoms with Crippen molar-refractivity contribution < 1.29 is 0 Å². The average molecular weight is 329 g/mol. The Labute approximate surface area is 147 Å². The summed E-state index contributed by atoms with van der Waals surface area (Å²) < 4.78 is 0. The van der Waals surface area contributed by atoms with Crippen LogP contribution < -0.4 is 16.0 Å². The van der Waals surface area contributed by atoms with Crippen molar-refractivity contribution in [1.29, 1.82) is 5.26 Å².